The molecule has 112 valence electrons. The van der Waals surface area contributed by atoms with E-state index in [1.807, 2.05) is 0 Å². The number of carbonyl (C=O) groups excluding carboxylic acids is 1. The van der Waals surface area contributed by atoms with Crippen LogP contribution in [0.4, 0.5) is 0 Å². The van der Waals surface area contributed by atoms with Crippen LogP contribution in [0.1, 0.15) is 72.6 Å². The van der Waals surface area contributed by atoms with Crippen LogP contribution in [0.25, 0.3) is 0 Å². The maximum atomic E-state index is 12.5. The molecule has 1 aliphatic rings. The molecule has 0 spiro atoms. The van der Waals surface area contributed by atoms with Crippen molar-refractivity contribution in [2.45, 2.75) is 84.8 Å². The number of unbranched alkanes of at least 4 members (excludes halogenated alkanes) is 1. The molecule has 19 heavy (non-hydrogen) atoms. The molecule has 1 saturated heterocycles. The molecule has 0 radical (unpaired) electrons. The summed E-state index contributed by atoms with van der Waals surface area (Å²) in [5, 5.41) is 3.56. The second-order valence-corrected chi connectivity index (χ2v) is 5.84. The lowest BCUT2D eigenvalue weighted by atomic mass is 10.0. The molecule has 3 heteroatoms. The van der Waals surface area contributed by atoms with E-state index in [0.717, 1.165) is 38.6 Å². The van der Waals surface area contributed by atoms with Gasteiger partial charge in [0.1, 0.15) is 0 Å². The Hall–Kier alpha value is -0.570. The average molecular weight is 268 g/mol. The molecule has 0 saturated carbocycles. The topological polar surface area (TPSA) is 32.3 Å². The van der Waals surface area contributed by atoms with Gasteiger partial charge in [0.2, 0.25) is 5.91 Å². The lowest BCUT2D eigenvalue weighted by Crippen LogP contribution is -2.40. The van der Waals surface area contributed by atoms with Gasteiger partial charge in [0, 0.05) is 6.54 Å². The highest BCUT2D eigenvalue weighted by molar-refractivity contribution is 5.84. The zero-order valence-corrected chi connectivity index (χ0v) is 13.2. The summed E-state index contributed by atoms with van der Waals surface area (Å²) in [5.41, 5.74) is 0. The lowest BCUT2D eigenvalue weighted by Gasteiger charge is -2.27. The monoisotopic (exact) mass is 268 g/mol. The number of nitrogens with one attached hydrogen (secondary N) is 1. The Labute approximate surface area is 119 Å². The third-order valence-corrected chi connectivity index (χ3v) is 4.37. The van der Waals surface area contributed by atoms with Crippen LogP contribution < -0.4 is 5.32 Å². The number of rotatable bonds is 9. The van der Waals surface area contributed by atoms with E-state index in [4.69, 9.17) is 0 Å². The molecule has 0 bridgehead atoms. The Kier molecular flexibility index (Phi) is 7.44. The Bertz CT molecular complexity index is 263. The van der Waals surface area contributed by atoms with Crippen molar-refractivity contribution in [3.05, 3.63) is 0 Å². The SMILES string of the molecule is CCCCC1NC(CCC)N(CC(CC)CC)C1=O. The van der Waals surface area contributed by atoms with Crippen molar-refractivity contribution in [3.63, 3.8) is 0 Å². The first kappa shape index (κ1) is 16.5. The van der Waals surface area contributed by atoms with Gasteiger partial charge in [0.05, 0.1) is 12.2 Å². The first-order chi connectivity index (χ1) is 9.17. The van der Waals surface area contributed by atoms with E-state index in [9.17, 15) is 4.79 Å². The fraction of sp³-hybridized carbons (Fsp3) is 0.938. The van der Waals surface area contributed by atoms with E-state index in [2.05, 4.69) is 37.9 Å². The van der Waals surface area contributed by atoms with Crippen LogP contribution in [-0.2, 0) is 4.79 Å². The van der Waals surface area contributed by atoms with Crippen molar-refractivity contribution in [2.75, 3.05) is 6.54 Å². The van der Waals surface area contributed by atoms with Gasteiger partial charge in [0.25, 0.3) is 0 Å². The largest absolute Gasteiger partial charge is 0.326 e. The van der Waals surface area contributed by atoms with Gasteiger partial charge in [-0.15, -0.1) is 0 Å². The van der Waals surface area contributed by atoms with Crippen LogP contribution in [0, 0.1) is 5.92 Å². The minimum absolute atomic E-state index is 0.0749. The maximum Gasteiger partial charge on any atom is 0.241 e. The molecule has 1 N–H and O–H groups in total. The molecular weight excluding hydrogens is 236 g/mol. The first-order valence-corrected chi connectivity index (χ1v) is 8.24. The van der Waals surface area contributed by atoms with Gasteiger partial charge in [-0.25, -0.2) is 0 Å². The number of hydrogen-bond donors (Lipinski definition) is 1. The predicted molar refractivity (Wildman–Crippen MR) is 80.9 cm³/mol. The first-order valence-electron chi connectivity index (χ1n) is 8.24. The third-order valence-electron chi connectivity index (χ3n) is 4.37. The second-order valence-electron chi connectivity index (χ2n) is 5.84. The fourth-order valence-electron chi connectivity index (χ4n) is 2.92. The highest BCUT2D eigenvalue weighted by atomic mass is 16.2. The van der Waals surface area contributed by atoms with E-state index in [-0.39, 0.29) is 12.2 Å². The second kappa shape index (κ2) is 8.57. The quantitative estimate of drug-likeness (QED) is 0.693. The summed E-state index contributed by atoms with van der Waals surface area (Å²) in [7, 11) is 0. The Balaban J connectivity index is 2.65. The number of carbonyl (C=O) groups is 1. The number of hydrogen-bond acceptors (Lipinski definition) is 2. The zero-order valence-electron chi connectivity index (χ0n) is 13.2. The highest BCUT2D eigenvalue weighted by Crippen LogP contribution is 2.22. The summed E-state index contributed by atoms with van der Waals surface area (Å²) >= 11 is 0. The molecule has 1 heterocycles. The van der Waals surface area contributed by atoms with Crippen molar-refractivity contribution >= 4 is 5.91 Å². The summed E-state index contributed by atoms with van der Waals surface area (Å²) in [6.07, 6.45) is 8.11. The molecule has 0 aromatic rings. The van der Waals surface area contributed by atoms with E-state index in [1.165, 1.54) is 12.8 Å². The van der Waals surface area contributed by atoms with Gasteiger partial charge >= 0.3 is 0 Å². The summed E-state index contributed by atoms with van der Waals surface area (Å²) in [6.45, 7) is 9.77. The van der Waals surface area contributed by atoms with Crippen molar-refractivity contribution in [1.29, 1.82) is 0 Å². The molecular formula is C16H32N2O. The third kappa shape index (κ3) is 4.48. The van der Waals surface area contributed by atoms with E-state index >= 15 is 0 Å². The molecule has 0 aromatic heterocycles. The molecule has 1 aliphatic heterocycles. The van der Waals surface area contributed by atoms with Crippen molar-refractivity contribution in [3.8, 4) is 0 Å². The molecule has 2 atom stereocenters. The molecule has 1 fully saturated rings. The van der Waals surface area contributed by atoms with Crippen LogP contribution in [0.2, 0.25) is 0 Å². The summed E-state index contributed by atoms with van der Waals surface area (Å²) in [6, 6.07) is 0.0749. The van der Waals surface area contributed by atoms with Crippen LogP contribution in [0.5, 0.6) is 0 Å². The van der Waals surface area contributed by atoms with E-state index in [0.29, 0.717) is 11.8 Å². The van der Waals surface area contributed by atoms with Gasteiger partial charge in [-0.2, -0.15) is 0 Å². The molecule has 0 aliphatic carbocycles. The Morgan fingerprint density at radius 3 is 2.32 bits per heavy atom. The minimum atomic E-state index is 0.0749. The molecule has 2 unspecified atom stereocenters. The van der Waals surface area contributed by atoms with Crippen molar-refractivity contribution in [2.24, 2.45) is 5.92 Å². The number of nitrogens with zero attached hydrogens (tertiary/aromatic N) is 1. The smallest absolute Gasteiger partial charge is 0.241 e. The normalized spacial score (nSPS) is 23.6. The molecule has 1 amide bonds. The molecule has 3 nitrogen and oxygen atoms in total. The summed E-state index contributed by atoms with van der Waals surface area (Å²) in [4.78, 5) is 14.7. The van der Waals surface area contributed by atoms with Gasteiger partial charge in [-0.05, 0) is 18.8 Å². The minimum Gasteiger partial charge on any atom is -0.326 e. The lowest BCUT2D eigenvalue weighted by molar-refractivity contribution is -0.130. The molecule has 0 aromatic carbocycles. The van der Waals surface area contributed by atoms with Crippen LogP contribution >= 0.6 is 0 Å². The zero-order chi connectivity index (χ0) is 14.3. The van der Waals surface area contributed by atoms with Crippen LogP contribution in [0.3, 0.4) is 0 Å². The van der Waals surface area contributed by atoms with Gasteiger partial charge < -0.3 is 4.90 Å². The number of amides is 1. The van der Waals surface area contributed by atoms with Gasteiger partial charge in [-0.1, -0.05) is 59.8 Å². The van der Waals surface area contributed by atoms with Crippen LogP contribution in [-0.4, -0.2) is 29.6 Å². The fourth-order valence-corrected chi connectivity index (χ4v) is 2.92. The predicted octanol–water partition coefficient (Wildman–Crippen LogP) is 3.54. The summed E-state index contributed by atoms with van der Waals surface area (Å²) < 4.78 is 0. The van der Waals surface area contributed by atoms with Gasteiger partial charge in [0.15, 0.2) is 0 Å². The Morgan fingerprint density at radius 1 is 1.11 bits per heavy atom. The average Bonchev–Trinajstić information content (AvgIpc) is 2.70. The molecule has 1 rings (SSSR count). The van der Waals surface area contributed by atoms with Crippen molar-refractivity contribution in [1.82, 2.24) is 10.2 Å². The van der Waals surface area contributed by atoms with E-state index in [1.54, 1.807) is 0 Å². The van der Waals surface area contributed by atoms with Gasteiger partial charge in [-0.3, -0.25) is 10.1 Å². The maximum absolute atomic E-state index is 12.5. The van der Waals surface area contributed by atoms with Crippen LogP contribution in [0.15, 0.2) is 0 Å². The standard InChI is InChI=1S/C16H32N2O/c1-5-9-11-14-16(19)18(12-13(7-3)8-4)15(17-14)10-6-2/h13-15,17H,5-12H2,1-4H3. The highest BCUT2D eigenvalue weighted by Gasteiger charge is 2.38. The summed E-state index contributed by atoms with van der Waals surface area (Å²) in [5.74, 6) is 0.994. The Morgan fingerprint density at radius 2 is 1.79 bits per heavy atom. The van der Waals surface area contributed by atoms with E-state index < -0.39 is 0 Å². The van der Waals surface area contributed by atoms with Crippen molar-refractivity contribution < 1.29 is 4.79 Å².